The largest absolute Gasteiger partial charge is 0.411 e. The highest BCUT2D eigenvalue weighted by Crippen LogP contribution is 2.34. The fourth-order valence-corrected chi connectivity index (χ4v) is 2.60. The fraction of sp³-hybridized carbons (Fsp3) is 0.333. The summed E-state index contributed by atoms with van der Waals surface area (Å²) in [4.78, 5) is 0. The van der Waals surface area contributed by atoms with Gasteiger partial charge in [-0.25, -0.2) is 0 Å². The van der Waals surface area contributed by atoms with Crippen molar-refractivity contribution in [2.75, 3.05) is 13.2 Å². The molecule has 0 heterocycles. The summed E-state index contributed by atoms with van der Waals surface area (Å²) in [6.45, 7) is -1.30. The highest BCUT2D eigenvalue weighted by atomic mass is 35.5. The molecule has 0 radical (unpaired) electrons. The summed E-state index contributed by atoms with van der Waals surface area (Å²) in [5.74, 6) is 0. The Morgan fingerprint density at radius 3 is 2.38 bits per heavy atom. The van der Waals surface area contributed by atoms with Crippen molar-refractivity contribution in [1.82, 2.24) is 0 Å². The minimum Gasteiger partial charge on any atom is -0.372 e. The average molecular weight is 337 g/mol. The molecule has 0 aliphatic rings. The van der Waals surface area contributed by atoms with Crippen molar-refractivity contribution in [3.63, 3.8) is 0 Å². The second-order valence-corrected chi connectivity index (χ2v) is 5.54. The van der Waals surface area contributed by atoms with Crippen LogP contribution in [0, 0.1) is 0 Å². The molecule has 0 amide bonds. The Hall–Kier alpha value is -0.970. The molecule has 2 aromatic carbocycles. The summed E-state index contributed by atoms with van der Waals surface area (Å²) in [6, 6.07) is 11.0. The highest BCUT2D eigenvalue weighted by molar-refractivity contribution is 6.35. The van der Waals surface area contributed by atoms with Crippen LogP contribution in [-0.2, 0) is 4.74 Å². The average Bonchev–Trinajstić information content (AvgIpc) is 2.43. The zero-order valence-electron chi connectivity index (χ0n) is 11.0. The molecular weight excluding hydrogens is 324 g/mol. The van der Waals surface area contributed by atoms with E-state index in [0.717, 1.165) is 16.3 Å². The van der Waals surface area contributed by atoms with Crippen molar-refractivity contribution >= 4 is 34.0 Å². The van der Waals surface area contributed by atoms with Gasteiger partial charge >= 0.3 is 6.18 Å². The van der Waals surface area contributed by atoms with Gasteiger partial charge in [-0.05, 0) is 23.4 Å². The number of ether oxygens (including phenoxy) is 1. The molecule has 0 aromatic heterocycles. The topological polar surface area (TPSA) is 9.23 Å². The van der Waals surface area contributed by atoms with Crippen LogP contribution in [0.25, 0.3) is 10.8 Å². The van der Waals surface area contributed by atoms with Crippen molar-refractivity contribution in [1.29, 1.82) is 0 Å². The standard InChI is InChI=1S/C15H13Cl2F3O/c16-13-6-5-12(10-3-1-2-4-11(10)13)14(17)7-8-21-9-15(18,19)20/h1-6,14H,7-9H2. The Morgan fingerprint density at radius 1 is 1.05 bits per heavy atom. The van der Waals surface area contributed by atoms with Crippen molar-refractivity contribution in [3.05, 3.63) is 47.0 Å². The third-order valence-corrected chi connectivity index (χ3v) is 3.81. The van der Waals surface area contributed by atoms with Crippen LogP contribution in [0.5, 0.6) is 0 Å². The van der Waals surface area contributed by atoms with E-state index in [4.69, 9.17) is 23.2 Å². The maximum Gasteiger partial charge on any atom is 0.411 e. The van der Waals surface area contributed by atoms with E-state index in [1.165, 1.54) is 0 Å². The minimum absolute atomic E-state index is 0.0510. The molecule has 0 fully saturated rings. The maximum absolute atomic E-state index is 12.0. The molecule has 0 bridgehead atoms. The van der Waals surface area contributed by atoms with E-state index in [0.29, 0.717) is 11.4 Å². The Kier molecular flexibility index (Phi) is 5.36. The van der Waals surface area contributed by atoms with E-state index < -0.39 is 18.2 Å². The monoisotopic (exact) mass is 336 g/mol. The number of halogens is 5. The van der Waals surface area contributed by atoms with Crippen LogP contribution in [0.4, 0.5) is 13.2 Å². The van der Waals surface area contributed by atoms with Crippen LogP contribution in [0.15, 0.2) is 36.4 Å². The fourth-order valence-electron chi connectivity index (χ4n) is 2.09. The van der Waals surface area contributed by atoms with Crippen LogP contribution in [0.1, 0.15) is 17.4 Å². The number of alkyl halides is 4. The molecule has 21 heavy (non-hydrogen) atoms. The van der Waals surface area contributed by atoms with Gasteiger partial charge in [0.1, 0.15) is 6.61 Å². The number of fused-ring (bicyclic) bond motifs is 1. The third kappa shape index (κ3) is 4.50. The molecule has 1 atom stereocenters. The molecule has 0 aliphatic carbocycles. The van der Waals surface area contributed by atoms with E-state index >= 15 is 0 Å². The van der Waals surface area contributed by atoms with E-state index in [1.54, 1.807) is 12.1 Å². The van der Waals surface area contributed by atoms with Gasteiger partial charge < -0.3 is 4.74 Å². The van der Waals surface area contributed by atoms with Gasteiger partial charge in [0.25, 0.3) is 0 Å². The molecule has 0 saturated heterocycles. The maximum atomic E-state index is 12.0. The summed E-state index contributed by atoms with van der Waals surface area (Å²) < 4.78 is 40.5. The molecule has 2 aromatic rings. The Balaban J connectivity index is 2.06. The molecule has 0 spiro atoms. The first-order valence-corrected chi connectivity index (χ1v) is 7.15. The molecule has 6 heteroatoms. The van der Waals surface area contributed by atoms with Crippen molar-refractivity contribution in [2.45, 2.75) is 18.0 Å². The van der Waals surface area contributed by atoms with E-state index in [-0.39, 0.29) is 6.61 Å². The van der Waals surface area contributed by atoms with Gasteiger partial charge in [0.15, 0.2) is 0 Å². The van der Waals surface area contributed by atoms with Crippen molar-refractivity contribution in [3.8, 4) is 0 Å². The lowest BCUT2D eigenvalue weighted by Gasteiger charge is -2.14. The molecule has 1 unspecified atom stereocenters. The van der Waals surface area contributed by atoms with Crippen molar-refractivity contribution < 1.29 is 17.9 Å². The van der Waals surface area contributed by atoms with Crippen LogP contribution in [-0.4, -0.2) is 19.4 Å². The van der Waals surface area contributed by atoms with Gasteiger partial charge in [-0.15, -0.1) is 11.6 Å². The smallest absolute Gasteiger partial charge is 0.372 e. The SMILES string of the molecule is FC(F)(F)COCCC(Cl)c1ccc(Cl)c2ccccc12. The Bertz CT molecular complexity index is 613. The second kappa shape index (κ2) is 6.86. The normalized spacial score (nSPS) is 13.6. The predicted octanol–water partition coefficient (Wildman–Crippen LogP) is 5.74. The van der Waals surface area contributed by atoms with Crippen LogP contribution >= 0.6 is 23.2 Å². The summed E-state index contributed by atoms with van der Waals surface area (Å²) in [5.41, 5.74) is 0.840. The molecule has 0 N–H and O–H groups in total. The zero-order valence-corrected chi connectivity index (χ0v) is 12.5. The van der Waals surface area contributed by atoms with Gasteiger partial charge in [-0.2, -0.15) is 13.2 Å². The highest BCUT2D eigenvalue weighted by Gasteiger charge is 2.27. The first kappa shape index (κ1) is 16.4. The summed E-state index contributed by atoms with van der Waals surface area (Å²) in [7, 11) is 0. The van der Waals surface area contributed by atoms with Gasteiger partial charge in [0.05, 0.1) is 5.38 Å². The van der Waals surface area contributed by atoms with Gasteiger partial charge in [-0.1, -0.05) is 41.9 Å². The van der Waals surface area contributed by atoms with Crippen LogP contribution < -0.4 is 0 Å². The first-order chi connectivity index (χ1) is 9.88. The zero-order chi connectivity index (χ0) is 15.5. The Labute approximate surface area is 130 Å². The molecule has 0 saturated carbocycles. The second-order valence-electron chi connectivity index (χ2n) is 4.61. The Morgan fingerprint density at radius 2 is 1.71 bits per heavy atom. The third-order valence-electron chi connectivity index (χ3n) is 3.02. The number of hydrogen-bond donors (Lipinski definition) is 0. The quantitative estimate of drug-likeness (QED) is 0.499. The lowest BCUT2D eigenvalue weighted by molar-refractivity contribution is -0.174. The number of rotatable bonds is 5. The van der Waals surface area contributed by atoms with E-state index in [2.05, 4.69) is 4.74 Å². The van der Waals surface area contributed by atoms with Crippen molar-refractivity contribution in [2.24, 2.45) is 0 Å². The molecule has 1 nitrogen and oxygen atoms in total. The minimum atomic E-state index is -4.31. The summed E-state index contributed by atoms with van der Waals surface area (Å²) in [5, 5.41) is 1.96. The van der Waals surface area contributed by atoms with Crippen LogP contribution in [0.3, 0.4) is 0 Å². The molecule has 2 rings (SSSR count). The van der Waals surface area contributed by atoms with Gasteiger partial charge in [0, 0.05) is 17.0 Å². The van der Waals surface area contributed by atoms with E-state index in [9.17, 15) is 13.2 Å². The molecular formula is C15H13Cl2F3O. The lowest BCUT2D eigenvalue weighted by Crippen LogP contribution is -2.17. The van der Waals surface area contributed by atoms with Gasteiger partial charge in [-0.3, -0.25) is 0 Å². The number of benzene rings is 2. The van der Waals surface area contributed by atoms with Crippen LogP contribution in [0.2, 0.25) is 5.02 Å². The molecule has 0 aliphatic heterocycles. The molecule has 114 valence electrons. The lowest BCUT2D eigenvalue weighted by atomic mass is 10.0. The number of hydrogen-bond acceptors (Lipinski definition) is 1. The first-order valence-electron chi connectivity index (χ1n) is 6.34. The predicted molar refractivity (Wildman–Crippen MR) is 79.0 cm³/mol. The summed E-state index contributed by atoms with van der Waals surface area (Å²) >= 11 is 12.4. The summed E-state index contributed by atoms with van der Waals surface area (Å²) in [6.07, 6.45) is -4.02. The van der Waals surface area contributed by atoms with Gasteiger partial charge in [0.2, 0.25) is 0 Å². The van der Waals surface area contributed by atoms with E-state index in [1.807, 2.05) is 24.3 Å².